The van der Waals surface area contributed by atoms with Crippen LogP contribution in [-0.2, 0) is 0 Å². The fourth-order valence-corrected chi connectivity index (χ4v) is 3.48. The van der Waals surface area contributed by atoms with E-state index < -0.39 is 0 Å². The molecule has 0 aliphatic rings. The van der Waals surface area contributed by atoms with Crippen molar-refractivity contribution in [1.29, 1.82) is 0 Å². The van der Waals surface area contributed by atoms with Gasteiger partial charge in [0.1, 0.15) is 5.69 Å². The van der Waals surface area contributed by atoms with Crippen molar-refractivity contribution in [1.82, 2.24) is 14.3 Å². The molecule has 0 aliphatic heterocycles. The van der Waals surface area contributed by atoms with Crippen LogP contribution in [0.5, 0.6) is 0 Å². The third-order valence-corrected chi connectivity index (χ3v) is 4.61. The first kappa shape index (κ1) is 16.5. The number of aromatic nitrogens is 2. The van der Waals surface area contributed by atoms with Crippen LogP contribution < -0.4 is 0 Å². The molecule has 1 amide bonds. The lowest BCUT2D eigenvalue weighted by molar-refractivity contribution is 0.0784. The average molecular weight is 358 g/mol. The van der Waals surface area contributed by atoms with Gasteiger partial charge in [0.25, 0.3) is 5.91 Å². The Morgan fingerprint density at radius 3 is 2.75 bits per heavy atom. The Balaban J connectivity index is 1.99. The van der Waals surface area contributed by atoms with Crippen molar-refractivity contribution < 1.29 is 4.79 Å². The summed E-state index contributed by atoms with van der Waals surface area (Å²) in [5.74, 6) is -0.0731. The van der Waals surface area contributed by atoms with Crippen LogP contribution in [0.3, 0.4) is 0 Å². The van der Waals surface area contributed by atoms with Gasteiger partial charge in [-0.1, -0.05) is 35.9 Å². The summed E-state index contributed by atoms with van der Waals surface area (Å²) in [6.45, 7) is 8.35. The Kier molecular flexibility index (Phi) is 4.83. The highest BCUT2D eigenvalue weighted by Gasteiger charge is 2.19. The third kappa shape index (κ3) is 3.13. The number of benzene rings is 1. The van der Waals surface area contributed by atoms with E-state index in [1.807, 2.05) is 40.2 Å². The molecule has 0 unspecified atom stereocenters. The Morgan fingerprint density at radius 2 is 2.08 bits per heavy atom. The van der Waals surface area contributed by atoms with E-state index in [0.717, 1.165) is 16.2 Å². The van der Waals surface area contributed by atoms with Gasteiger partial charge in [0, 0.05) is 35.3 Å². The van der Waals surface area contributed by atoms with E-state index in [1.54, 1.807) is 17.1 Å². The molecule has 24 heavy (non-hydrogen) atoms. The first-order valence-electron chi connectivity index (χ1n) is 7.37. The zero-order valence-corrected chi connectivity index (χ0v) is 14.6. The second-order valence-electron chi connectivity index (χ2n) is 5.20. The minimum Gasteiger partial charge on any atom is -0.330 e. The molecule has 0 fully saturated rings. The molecule has 3 aromatic rings. The van der Waals surface area contributed by atoms with Gasteiger partial charge >= 0.3 is 0 Å². The minimum atomic E-state index is -0.0731. The van der Waals surface area contributed by atoms with Crippen molar-refractivity contribution in [2.24, 2.45) is 0 Å². The van der Waals surface area contributed by atoms with E-state index in [0.29, 0.717) is 23.8 Å². The quantitative estimate of drug-likeness (QED) is 0.608. The van der Waals surface area contributed by atoms with Crippen LogP contribution >= 0.6 is 22.9 Å². The molecule has 2 aromatic heterocycles. The number of nitrogens with zero attached hydrogens (tertiary/aromatic N) is 3. The minimum absolute atomic E-state index is 0.0731. The van der Waals surface area contributed by atoms with Crippen molar-refractivity contribution in [3.05, 3.63) is 71.9 Å². The maximum atomic E-state index is 12.8. The number of carbonyl (C=O) groups is 1. The van der Waals surface area contributed by atoms with E-state index in [-0.39, 0.29) is 5.91 Å². The van der Waals surface area contributed by atoms with Gasteiger partial charge in [0.2, 0.25) is 0 Å². The highest BCUT2D eigenvalue weighted by atomic mass is 35.5. The van der Waals surface area contributed by atoms with Gasteiger partial charge in [-0.2, -0.15) is 0 Å². The molecular weight excluding hydrogens is 342 g/mol. The molecule has 0 radical (unpaired) electrons. The fraction of sp³-hybridized carbons (Fsp3) is 0.111. The highest BCUT2D eigenvalue weighted by Crippen LogP contribution is 2.26. The number of carbonyl (C=O) groups excluding carboxylic acids is 1. The van der Waals surface area contributed by atoms with Gasteiger partial charge in [0.15, 0.2) is 4.96 Å². The molecule has 4 nitrogen and oxygen atoms in total. The molecule has 0 atom stereocenters. The van der Waals surface area contributed by atoms with Gasteiger partial charge in [-0.05, 0) is 12.1 Å². The van der Waals surface area contributed by atoms with Crippen LogP contribution in [0.25, 0.3) is 16.2 Å². The molecule has 6 heteroatoms. The van der Waals surface area contributed by atoms with Crippen LogP contribution in [0.15, 0.2) is 61.2 Å². The summed E-state index contributed by atoms with van der Waals surface area (Å²) in [7, 11) is 0. The molecule has 0 saturated heterocycles. The Labute approximate surface area is 149 Å². The van der Waals surface area contributed by atoms with Crippen molar-refractivity contribution in [3.8, 4) is 11.3 Å². The number of thiazole rings is 1. The summed E-state index contributed by atoms with van der Waals surface area (Å²) >= 11 is 7.48. The maximum Gasteiger partial charge on any atom is 0.272 e. The first-order chi connectivity index (χ1) is 11.6. The van der Waals surface area contributed by atoms with Crippen LogP contribution in [0, 0.1) is 0 Å². The Morgan fingerprint density at radius 1 is 1.33 bits per heavy atom. The lowest BCUT2D eigenvalue weighted by Crippen LogP contribution is -2.32. The summed E-state index contributed by atoms with van der Waals surface area (Å²) in [5, 5.41) is 2.48. The molecule has 0 saturated carbocycles. The van der Waals surface area contributed by atoms with Crippen LogP contribution in [-0.4, -0.2) is 33.3 Å². The predicted molar refractivity (Wildman–Crippen MR) is 99.8 cm³/mol. The smallest absolute Gasteiger partial charge is 0.272 e. The summed E-state index contributed by atoms with van der Waals surface area (Å²) in [6.07, 6.45) is 5.28. The molecule has 122 valence electrons. The molecule has 0 bridgehead atoms. The third-order valence-electron chi connectivity index (χ3n) is 3.53. The van der Waals surface area contributed by atoms with Crippen LogP contribution in [0.2, 0.25) is 5.02 Å². The van der Waals surface area contributed by atoms with Gasteiger partial charge in [0.05, 0.1) is 5.69 Å². The van der Waals surface area contributed by atoms with Gasteiger partial charge < -0.3 is 4.90 Å². The number of fused-ring (bicyclic) bond motifs is 1. The van der Waals surface area contributed by atoms with Crippen molar-refractivity contribution in [3.63, 3.8) is 0 Å². The largest absolute Gasteiger partial charge is 0.330 e. The monoisotopic (exact) mass is 357 g/mol. The standard InChI is InChI=1S/C18H16ClN3OS/c1-3-8-21(9-4-2)17(23)16-12-24-18-20-15(11-22(16)18)13-6-5-7-14(19)10-13/h3-7,10-12H,1-2,8-9H2. The second-order valence-corrected chi connectivity index (χ2v) is 6.47. The first-order valence-corrected chi connectivity index (χ1v) is 8.63. The molecule has 0 N–H and O–H groups in total. The number of rotatable bonds is 6. The second kappa shape index (κ2) is 7.03. The summed E-state index contributed by atoms with van der Waals surface area (Å²) in [6, 6.07) is 7.51. The summed E-state index contributed by atoms with van der Waals surface area (Å²) in [5.41, 5.74) is 2.29. The van der Waals surface area contributed by atoms with Crippen molar-refractivity contribution in [2.45, 2.75) is 0 Å². The van der Waals surface area contributed by atoms with Gasteiger partial charge in [-0.15, -0.1) is 24.5 Å². The number of hydrogen-bond donors (Lipinski definition) is 0. The lowest BCUT2D eigenvalue weighted by atomic mass is 10.2. The molecule has 1 aromatic carbocycles. The average Bonchev–Trinajstić information content (AvgIpc) is 3.14. The van der Waals surface area contributed by atoms with Crippen molar-refractivity contribution >= 4 is 33.8 Å². The predicted octanol–water partition coefficient (Wildman–Crippen LogP) is 4.53. The maximum absolute atomic E-state index is 12.8. The number of amides is 1. The van der Waals surface area contributed by atoms with E-state index in [2.05, 4.69) is 18.1 Å². The number of halogens is 1. The fourth-order valence-electron chi connectivity index (χ4n) is 2.44. The molecule has 3 rings (SSSR count). The highest BCUT2D eigenvalue weighted by molar-refractivity contribution is 7.15. The summed E-state index contributed by atoms with van der Waals surface area (Å²) in [4.78, 5) is 19.8. The zero-order valence-electron chi connectivity index (χ0n) is 13.0. The number of hydrogen-bond acceptors (Lipinski definition) is 3. The zero-order chi connectivity index (χ0) is 17.1. The molecular formula is C18H16ClN3OS. The van der Waals surface area contributed by atoms with E-state index >= 15 is 0 Å². The lowest BCUT2D eigenvalue weighted by Gasteiger charge is -2.18. The van der Waals surface area contributed by atoms with Gasteiger partial charge in [-0.25, -0.2) is 4.98 Å². The molecule has 0 spiro atoms. The molecule has 0 aliphatic carbocycles. The normalized spacial score (nSPS) is 10.7. The topological polar surface area (TPSA) is 37.6 Å². The Hall–Kier alpha value is -2.37. The van der Waals surface area contributed by atoms with E-state index in [4.69, 9.17) is 11.6 Å². The van der Waals surface area contributed by atoms with E-state index in [1.165, 1.54) is 11.3 Å². The van der Waals surface area contributed by atoms with Crippen LogP contribution in [0.4, 0.5) is 0 Å². The van der Waals surface area contributed by atoms with Crippen LogP contribution in [0.1, 0.15) is 10.5 Å². The van der Waals surface area contributed by atoms with Gasteiger partial charge in [-0.3, -0.25) is 9.20 Å². The van der Waals surface area contributed by atoms with E-state index in [9.17, 15) is 4.79 Å². The van der Waals surface area contributed by atoms with Crippen molar-refractivity contribution in [2.75, 3.05) is 13.1 Å². The molecule has 2 heterocycles. The Bertz CT molecular complexity index is 902. The SMILES string of the molecule is C=CCN(CC=C)C(=O)c1csc2nc(-c3cccc(Cl)c3)cn12. The number of imidazole rings is 1. The summed E-state index contributed by atoms with van der Waals surface area (Å²) < 4.78 is 1.82.